The topological polar surface area (TPSA) is 86.5 Å². The molecule has 1 heterocycles. The summed E-state index contributed by atoms with van der Waals surface area (Å²) in [5, 5.41) is 13.7. The number of carbonyl (C=O) groups excluding carboxylic acids is 1. The molecule has 0 aromatic heterocycles. The Morgan fingerprint density at radius 1 is 1.31 bits per heavy atom. The maximum atomic E-state index is 12.9. The van der Waals surface area contributed by atoms with Gasteiger partial charge in [-0.2, -0.15) is 36.7 Å². The van der Waals surface area contributed by atoms with Crippen molar-refractivity contribution in [2.24, 2.45) is 5.10 Å². The predicted octanol–water partition coefficient (Wildman–Crippen LogP) is 3.75. The minimum atomic E-state index is -4.83. The number of hydrogen-bond acceptors (Lipinski definition) is 5. The van der Waals surface area contributed by atoms with Gasteiger partial charge in [-0.1, -0.05) is 0 Å². The third-order valence-electron chi connectivity index (χ3n) is 3.27. The first-order valence-electron chi connectivity index (χ1n) is 6.86. The van der Waals surface area contributed by atoms with Crippen LogP contribution in [0.5, 0.6) is 0 Å². The van der Waals surface area contributed by atoms with Crippen molar-refractivity contribution in [3.8, 4) is 6.07 Å². The zero-order valence-corrected chi connectivity index (χ0v) is 12.9. The molecule has 0 saturated heterocycles. The van der Waals surface area contributed by atoms with Crippen LogP contribution in [0.25, 0.3) is 0 Å². The first-order chi connectivity index (χ1) is 11.8. The molecule has 0 aliphatic carbocycles. The summed E-state index contributed by atoms with van der Waals surface area (Å²) in [5.41, 5.74) is -3.25. The Labute approximate surface area is 142 Å². The fourth-order valence-corrected chi connectivity index (χ4v) is 2.11. The Morgan fingerprint density at radius 3 is 2.46 bits per heavy atom. The SMILES string of the molecule is C[C@@]1(OC(=O)Nc2ccc(C#N)c(C(F)(F)F)c2)CC(C(F)(F)F)=NN1. The van der Waals surface area contributed by atoms with Crippen LogP contribution in [-0.2, 0) is 10.9 Å². The number of nitriles is 1. The molecular weight excluding hydrogens is 370 g/mol. The highest BCUT2D eigenvalue weighted by molar-refractivity contribution is 5.92. The van der Waals surface area contributed by atoms with Crippen LogP contribution in [-0.4, -0.2) is 23.7 Å². The summed E-state index contributed by atoms with van der Waals surface area (Å²) in [7, 11) is 0. The average Bonchev–Trinajstić information content (AvgIpc) is 2.88. The number of halogens is 6. The molecule has 0 spiro atoms. The second-order valence-corrected chi connectivity index (χ2v) is 5.46. The Kier molecular flexibility index (Phi) is 4.76. The second-order valence-electron chi connectivity index (χ2n) is 5.46. The molecule has 0 fully saturated rings. The molecule has 2 rings (SSSR count). The maximum Gasteiger partial charge on any atom is 0.431 e. The van der Waals surface area contributed by atoms with Gasteiger partial charge in [0, 0.05) is 5.69 Å². The smallest absolute Gasteiger partial charge is 0.421 e. The van der Waals surface area contributed by atoms with Crippen LogP contribution in [0.2, 0.25) is 0 Å². The van der Waals surface area contributed by atoms with Crippen LogP contribution in [0.3, 0.4) is 0 Å². The number of ether oxygens (including phenoxy) is 1. The summed E-state index contributed by atoms with van der Waals surface area (Å²) in [5.74, 6) is 0. The van der Waals surface area contributed by atoms with E-state index < -0.39 is 47.4 Å². The lowest BCUT2D eigenvalue weighted by Gasteiger charge is -2.24. The number of alkyl halides is 6. The summed E-state index contributed by atoms with van der Waals surface area (Å²) in [4.78, 5) is 11.8. The number of amides is 1. The van der Waals surface area contributed by atoms with Gasteiger partial charge < -0.3 is 4.74 Å². The van der Waals surface area contributed by atoms with Crippen molar-refractivity contribution in [1.29, 1.82) is 5.26 Å². The van der Waals surface area contributed by atoms with E-state index in [4.69, 9.17) is 10.00 Å². The first kappa shape index (κ1) is 19.4. The Bertz CT molecular complexity index is 796. The number of nitrogens with zero attached hydrogens (tertiary/aromatic N) is 2. The first-order valence-corrected chi connectivity index (χ1v) is 6.86. The Hall–Kier alpha value is -2.97. The van der Waals surface area contributed by atoms with Gasteiger partial charge in [0.2, 0.25) is 5.72 Å². The lowest BCUT2D eigenvalue weighted by atomic mass is 10.1. The number of hydrazone groups is 1. The summed E-state index contributed by atoms with van der Waals surface area (Å²) in [6, 6.07) is 3.76. The molecule has 1 aliphatic rings. The monoisotopic (exact) mass is 380 g/mol. The molecule has 1 amide bonds. The van der Waals surface area contributed by atoms with E-state index in [1.807, 2.05) is 10.7 Å². The Morgan fingerprint density at radius 2 is 1.96 bits per heavy atom. The summed E-state index contributed by atoms with van der Waals surface area (Å²) in [6.07, 6.45) is -11.6. The van der Waals surface area contributed by atoms with Gasteiger partial charge >= 0.3 is 18.4 Å². The molecule has 1 aromatic rings. The normalized spacial score (nSPS) is 20.0. The van der Waals surface area contributed by atoms with Crippen molar-refractivity contribution in [2.75, 3.05) is 5.32 Å². The van der Waals surface area contributed by atoms with Gasteiger partial charge in [0.05, 0.1) is 23.6 Å². The molecule has 2 N–H and O–H groups in total. The molecule has 6 nitrogen and oxygen atoms in total. The van der Waals surface area contributed by atoms with Crippen molar-refractivity contribution >= 4 is 17.5 Å². The lowest BCUT2D eigenvalue weighted by Crippen LogP contribution is -2.42. The molecule has 140 valence electrons. The molecular formula is C14H10F6N4O2. The van der Waals surface area contributed by atoms with Crippen LogP contribution < -0.4 is 10.7 Å². The highest BCUT2D eigenvalue weighted by Crippen LogP contribution is 2.34. The van der Waals surface area contributed by atoms with Gasteiger partial charge in [0.25, 0.3) is 0 Å². The largest absolute Gasteiger partial charge is 0.431 e. The third-order valence-corrected chi connectivity index (χ3v) is 3.27. The van der Waals surface area contributed by atoms with Gasteiger partial charge in [-0.05, 0) is 25.1 Å². The number of carbonyl (C=O) groups is 1. The summed E-state index contributed by atoms with van der Waals surface area (Å²) in [6.45, 7) is 1.12. The average molecular weight is 380 g/mol. The van der Waals surface area contributed by atoms with E-state index in [9.17, 15) is 31.1 Å². The van der Waals surface area contributed by atoms with Gasteiger partial charge in [-0.3, -0.25) is 10.7 Å². The molecule has 0 radical (unpaired) electrons. The van der Waals surface area contributed by atoms with Gasteiger partial charge in [-0.15, -0.1) is 0 Å². The van der Waals surface area contributed by atoms with Crippen molar-refractivity contribution in [1.82, 2.24) is 5.43 Å². The number of rotatable bonds is 2. The van der Waals surface area contributed by atoms with E-state index in [1.54, 1.807) is 0 Å². The highest BCUT2D eigenvalue weighted by atomic mass is 19.4. The molecule has 0 saturated carbocycles. The fourth-order valence-electron chi connectivity index (χ4n) is 2.11. The van der Waals surface area contributed by atoms with Crippen LogP contribution in [0.15, 0.2) is 23.3 Å². The summed E-state index contributed by atoms with van der Waals surface area (Å²) >= 11 is 0. The zero-order valence-electron chi connectivity index (χ0n) is 12.9. The molecule has 1 aromatic carbocycles. The third kappa shape index (κ3) is 4.35. The van der Waals surface area contributed by atoms with E-state index in [1.165, 1.54) is 6.07 Å². The quantitative estimate of drug-likeness (QED) is 0.765. The van der Waals surface area contributed by atoms with Crippen LogP contribution >= 0.6 is 0 Å². The number of anilines is 1. The highest BCUT2D eigenvalue weighted by Gasteiger charge is 2.46. The maximum absolute atomic E-state index is 12.9. The molecule has 0 bridgehead atoms. The zero-order chi connectivity index (χ0) is 19.8. The van der Waals surface area contributed by atoms with E-state index in [2.05, 4.69) is 5.10 Å². The molecule has 1 aliphatic heterocycles. The van der Waals surface area contributed by atoms with Gasteiger partial charge in [0.1, 0.15) is 5.71 Å². The lowest BCUT2D eigenvalue weighted by molar-refractivity contribution is -0.137. The molecule has 12 heteroatoms. The van der Waals surface area contributed by atoms with Crippen LogP contribution in [0.1, 0.15) is 24.5 Å². The van der Waals surface area contributed by atoms with Gasteiger partial charge in [0.15, 0.2) is 0 Å². The van der Waals surface area contributed by atoms with Crippen LogP contribution in [0.4, 0.5) is 36.8 Å². The van der Waals surface area contributed by atoms with Crippen molar-refractivity contribution in [2.45, 2.75) is 31.4 Å². The van der Waals surface area contributed by atoms with Crippen LogP contribution in [0, 0.1) is 11.3 Å². The summed E-state index contributed by atoms with van der Waals surface area (Å²) < 4.78 is 81.1. The fraction of sp³-hybridized carbons (Fsp3) is 0.357. The van der Waals surface area contributed by atoms with E-state index in [-0.39, 0.29) is 5.69 Å². The number of nitrogens with one attached hydrogen (secondary N) is 2. The molecule has 1 atom stereocenters. The van der Waals surface area contributed by atoms with E-state index >= 15 is 0 Å². The number of hydrogen-bond donors (Lipinski definition) is 2. The van der Waals surface area contributed by atoms with E-state index in [0.29, 0.717) is 6.07 Å². The van der Waals surface area contributed by atoms with Crippen molar-refractivity contribution in [3.63, 3.8) is 0 Å². The Balaban J connectivity index is 2.09. The standard InChI is InChI=1S/C14H10F6N4O2/c1-12(5-10(23-24-12)14(18,19)20)26-11(25)22-8-3-2-7(6-21)9(4-8)13(15,16)17/h2-4,24H,5H2,1H3,(H,22,25)/t12-/m1/s1. The van der Waals surface area contributed by atoms with Gasteiger partial charge in [-0.25, -0.2) is 4.79 Å². The minimum absolute atomic E-state index is 0.347. The predicted molar refractivity (Wildman–Crippen MR) is 75.9 cm³/mol. The molecule has 26 heavy (non-hydrogen) atoms. The second kappa shape index (κ2) is 6.40. The van der Waals surface area contributed by atoms with Crippen molar-refractivity contribution < 1.29 is 35.9 Å². The molecule has 0 unspecified atom stereocenters. The van der Waals surface area contributed by atoms with E-state index in [0.717, 1.165) is 19.1 Å². The number of benzene rings is 1. The van der Waals surface area contributed by atoms with Crippen molar-refractivity contribution in [3.05, 3.63) is 29.3 Å². The minimum Gasteiger partial charge on any atom is -0.421 e.